The Labute approximate surface area is 122 Å². The molecule has 0 bridgehead atoms. The summed E-state index contributed by atoms with van der Waals surface area (Å²) in [4.78, 5) is 10.2. The second-order valence-corrected chi connectivity index (χ2v) is 5.46. The lowest BCUT2D eigenvalue weighted by Crippen LogP contribution is -2.24. The molecule has 110 valence electrons. The van der Waals surface area contributed by atoms with Crippen molar-refractivity contribution in [1.82, 2.24) is 10.9 Å². The van der Waals surface area contributed by atoms with E-state index in [1.54, 1.807) is 6.07 Å². The van der Waals surface area contributed by atoms with Crippen LogP contribution in [-0.2, 0) is 0 Å². The van der Waals surface area contributed by atoms with Crippen LogP contribution in [0, 0.1) is 24.0 Å². The van der Waals surface area contributed by atoms with E-state index in [4.69, 9.17) is 4.42 Å². The van der Waals surface area contributed by atoms with Crippen LogP contribution in [0.25, 0.3) is 0 Å². The Morgan fingerprint density at radius 2 is 1.95 bits per heavy atom. The van der Waals surface area contributed by atoms with E-state index in [9.17, 15) is 10.1 Å². The minimum atomic E-state index is -0.516. The van der Waals surface area contributed by atoms with Gasteiger partial charge in [0, 0.05) is 12.5 Å². The lowest BCUT2D eigenvalue weighted by molar-refractivity contribution is -0.402. The monoisotopic (exact) mass is 287 g/mol. The molecular weight excluding hydrogens is 270 g/mol. The number of furan rings is 1. The molecule has 6 heteroatoms. The summed E-state index contributed by atoms with van der Waals surface area (Å²) in [5.74, 6) is 0.531. The van der Waals surface area contributed by atoms with Crippen molar-refractivity contribution in [2.75, 3.05) is 6.54 Å². The molecule has 1 aliphatic rings. The molecule has 6 nitrogen and oxygen atoms in total. The van der Waals surface area contributed by atoms with Gasteiger partial charge in [-0.15, -0.1) is 0 Å². The lowest BCUT2D eigenvalue weighted by atomic mass is 9.89. The number of nitro groups is 1. The summed E-state index contributed by atoms with van der Waals surface area (Å²) in [6, 6.07) is 9.38. The first-order valence-corrected chi connectivity index (χ1v) is 6.85. The highest BCUT2D eigenvalue weighted by Gasteiger charge is 2.33. The van der Waals surface area contributed by atoms with Crippen LogP contribution in [0.15, 0.2) is 34.7 Å². The van der Waals surface area contributed by atoms with Gasteiger partial charge in [0.2, 0.25) is 0 Å². The van der Waals surface area contributed by atoms with Crippen molar-refractivity contribution < 1.29 is 9.34 Å². The van der Waals surface area contributed by atoms with Crippen LogP contribution in [0.1, 0.15) is 34.4 Å². The topological polar surface area (TPSA) is 80.3 Å². The van der Waals surface area contributed by atoms with Gasteiger partial charge in [-0.25, -0.2) is 5.43 Å². The van der Waals surface area contributed by atoms with Crippen molar-refractivity contribution >= 4 is 5.88 Å². The number of nitrogens with one attached hydrogen (secondary N) is 2. The molecule has 0 amide bonds. The lowest BCUT2D eigenvalue weighted by Gasteiger charge is -2.17. The van der Waals surface area contributed by atoms with Crippen molar-refractivity contribution in [2.45, 2.75) is 25.8 Å². The molecule has 21 heavy (non-hydrogen) atoms. The summed E-state index contributed by atoms with van der Waals surface area (Å²) in [7, 11) is 0. The first-order valence-electron chi connectivity index (χ1n) is 6.85. The number of nitrogens with zero attached hydrogens (tertiary/aromatic N) is 1. The van der Waals surface area contributed by atoms with Gasteiger partial charge in [-0.05, 0) is 25.5 Å². The normalized spacial score (nSPS) is 21.6. The van der Waals surface area contributed by atoms with Crippen LogP contribution in [0.2, 0.25) is 0 Å². The van der Waals surface area contributed by atoms with E-state index in [2.05, 4.69) is 42.9 Å². The molecule has 2 unspecified atom stereocenters. The third-order valence-electron chi connectivity index (χ3n) is 3.75. The van der Waals surface area contributed by atoms with Crippen LogP contribution in [0.3, 0.4) is 0 Å². The molecule has 2 N–H and O–H groups in total. The molecule has 1 fully saturated rings. The number of aryl methyl sites for hydroxylation is 2. The number of rotatable bonds is 3. The molecule has 3 rings (SSSR count). The Morgan fingerprint density at radius 1 is 1.24 bits per heavy atom. The number of hydrogen-bond acceptors (Lipinski definition) is 5. The predicted molar refractivity (Wildman–Crippen MR) is 77.9 cm³/mol. The third-order valence-corrected chi connectivity index (χ3v) is 3.75. The first kappa shape index (κ1) is 13.8. The smallest absolute Gasteiger partial charge is 0.404 e. The van der Waals surface area contributed by atoms with Crippen LogP contribution in [0.4, 0.5) is 5.88 Å². The molecule has 2 heterocycles. The first-order chi connectivity index (χ1) is 10.0. The van der Waals surface area contributed by atoms with Crippen molar-refractivity contribution in [3.05, 3.63) is 62.9 Å². The summed E-state index contributed by atoms with van der Waals surface area (Å²) < 4.78 is 5.34. The fraction of sp³-hybridized carbons (Fsp3) is 0.333. The molecule has 1 saturated heterocycles. The van der Waals surface area contributed by atoms with E-state index < -0.39 is 4.92 Å². The fourth-order valence-electron chi connectivity index (χ4n) is 2.91. The van der Waals surface area contributed by atoms with Crippen molar-refractivity contribution in [1.29, 1.82) is 0 Å². The molecule has 1 aromatic heterocycles. The van der Waals surface area contributed by atoms with Crippen molar-refractivity contribution in [3.8, 4) is 0 Å². The molecule has 0 saturated carbocycles. The van der Waals surface area contributed by atoms with Crippen molar-refractivity contribution in [3.63, 3.8) is 0 Å². The highest BCUT2D eigenvalue weighted by atomic mass is 16.6. The Kier molecular flexibility index (Phi) is 3.48. The second kappa shape index (κ2) is 5.31. The van der Waals surface area contributed by atoms with E-state index in [-0.39, 0.29) is 17.8 Å². The number of hydrogen-bond donors (Lipinski definition) is 2. The number of hydrazine groups is 1. The van der Waals surface area contributed by atoms with Gasteiger partial charge in [0.25, 0.3) is 0 Å². The highest BCUT2D eigenvalue weighted by molar-refractivity contribution is 5.34. The van der Waals surface area contributed by atoms with Gasteiger partial charge in [0.1, 0.15) is 10.7 Å². The summed E-state index contributed by atoms with van der Waals surface area (Å²) in [6.45, 7) is 4.89. The SMILES string of the molecule is Cc1cc(C)cc(C2CNNC2c2ccc([N+](=O)[O-])o2)c1. The van der Waals surface area contributed by atoms with Crippen LogP contribution in [-0.4, -0.2) is 11.5 Å². The largest absolute Gasteiger partial charge is 0.433 e. The summed E-state index contributed by atoms with van der Waals surface area (Å²) in [6.07, 6.45) is 0. The molecule has 1 aliphatic heterocycles. The zero-order valence-corrected chi connectivity index (χ0v) is 11.9. The third kappa shape index (κ3) is 2.68. The van der Waals surface area contributed by atoms with E-state index in [1.807, 2.05) is 0 Å². The standard InChI is InChI=1S/C15H17N3O3/c1-9-5-10(2)7-11(6-9)12-8-16-17-15(12)13-3-4-14(21-13)18(19)20/h3-7,12,15-17H,8H2,1-2H3. The van der Waals surface area contributed by atoms with Gasteiger partial charge in [-0.1, -0.05) is 29.3 Å². The van der Waals surface area contributed by atoms with Gasteiger partial charge < -0.3 is 4.42 Å². The summed E-state index contributed by atoms with van der Waals surface area (Å²) >= 11 is 0. The molecular formula is C15H17N3O3. The van der Waals surface area contributed by atoms with Gasteiger partial charge >= 0.3 is 5.88 Å². The van der Waals surface area contributed by atoms with Gasteiger partial charge in [-0.2, -0.15) is 0 Å². The molecule has 0 radical (unpaired) electrons. The maximum absolute atomic E-state index is 10.7. The Morgan fingerprint density at radius 3 is 2.57 bits per heavy atom. The molecule has 0 spiro atoms. The molecule has 1 aromatic carbocycles. The average Bonchev–Trinajstić information content (AvgIpc) is 3.06. The van der Waals surface area contributed by atoms with Crippen LogP contribution >= 0.6 is 0 Å². The quantitative estimate of drug-likeness (QED) is 0.670. The Bertz CT molecular complexity index is 660. The highest BCUT2D eigenvalue weighted by Crippen LogP contribution is 2.35. The zero-order chi connectivity index (χ0) is 15.0. The van der Waals surface area contributed by atoms with Crippen LogP contribution < -0.4 is 10.9 Å². The predicted octanol–water partition coefficient (Wildman–Crippen LogP) is 2.74. The molecule has 0 aliphatic carbocycles. The fourth-order valence-corrected chi connectivity index (χ4v) is 2.91. The van der Waals surface area contributed by atoms with Gasteiger partial charge in [0.05, 0.1) is 12.1 Å². The van der Waals surface area contributed by atoms with E-state index >= 15 is 0 Å². The molecule has 2 aromatic rings. The average molecular weight is 287 g/mol. The van der Waals surface area contributed by atoms with Gasteiger partial charge in [-0.3, -0.25) is 15.5 Å². The van der Waals surface area contributed by atoms with E-state index in [0.29, 0.717) is 5.76 Å². The summed E-state index contributed by atoms with van der Waals surface area (Å²) in [5.41, 5.74) is 9.88. The van der Waals surface area contributed by atoms with Crippen LogP contribution in [0.5, 0.6) is 0 Å². The zero-order valence-electron chi connectivity index (χ0n) is 11.9. The molecule has 2 atom stereocenters. The Balaban J connectivity index is 1.92. The maximum Gasteiger partial charge on any atom is 0.433 e. The maximum atomic E-state index is 10.7. The minimum absolute atomic E-state index is 0.111. The Hall–Kier alpha value is -2.18. The van der Waals surface area contributed by atoms with E-state index in [0.717, 1.165) is 6.54 Å². The van der Waals surface area contributed by atoms with Gasteiger partial charge in [0.15, 0.2) is 0 Å². The second-order valence-electron chi connectivity index (χ2n) is 5.46. The van der Waals surface area contributed by atoms with Crippen molar-refractivity contribution in [2.24, 2.45) is 0 Å². The number of benzene rings is 1. The summed E-state index contributed by atoms with van der Waals surface area (Å²) in [5, 5.41) is 10.7. The minimum Gasteiger partial charge on any atom is -0.404 e. The van der Waals surface area contributed by atoms with E-state index in [1.165, 1.54) is 22.8 Å².